The van der Waals surface area contributed by atoms with Crippen molar-refractivity contribution in [2.75, 3.05) is 5.32 Å². The molecule has 0 aliphatic carbocycles. The van der Waals surface area contributed by atoms with Crippen molar-refractivity contribution in [1.82, 2.24) is 9.78 Å². The fourth-order valence-corrected chi connectivity index (χ4v) is 2.60. The van der Waals surface area contributed by atoms with Gasteiger partial charge in [-0.05, 0) is 55.5 Å². The van der Waals surface area contributed by atoms with Crippen LogP contribution in [-0.2, 0) is 9.53 Å². The molecule has 7 nitrogen and oxygen atoms in total. The van der Waals surface area contributed by atoms with E-state index in [9.17, 15) is 9.59 Å². The lowest BCUT2D eigenvalue weighted by molar-refractivity contribution is -0.123. The van der Waals surface area contributed by atoms with Gasteiger partial charge >= 0.3 is 5.97 Å². The SMILES string of the molecule is C[C@H](OC(=O)c1ccc(-n2cccn2)cc1)C(=O)Nc1ccc(C#N)c(Cl)c1. The molecular formula is C20H15ClN4O3. The van der Waals surface area contributed by atoms with Gasteiger partial charge in [-0.2, -0.15) is 10.4 Å². The van der Waals surface area contributed by atoms with E-state index in [1.54, 1.807) is 53.5 Å². The Morgan fingerprint density at radius 3 is 2.61 bits per heavy atom. The first-order chi connectivity index (χ1) is 13.5. The van der Waals surface area contributed by atoms with Crippen LogP contribution in [-0.4, -0.2) is 27.8 Å². The fourth-order valence-electron chi connectivity index (χ4n) is 2.38. The number of anilines is 1. The van der Waals surface area contributed by atoms with Crippen LogP contribution in [0.1, 0.15) is 22.8 Å². The number of amides is 1. The van der Waals surface area contributed by atoms with Gasteiger partial charge in [-0.3, -0.25) is 4.79 Å². The Morgan fingerprint density at radius 1 is 1.25 bits per heavy atom. The third-order valence-electron chi connectivity index (χ3n) is 3.88. The van der Waals surface area contributed by atoms with Gasteiger partial charge in [0, 0.05) is 18.1 Å². The molecule has 1 heterocycles. The van der Waals surface area contributed by atoms with Crippen LogP contribution in [0.3, 0.4) is 0 Å². The average Bonchev–Trinajstić information content (AvgIpc) is 3.23. The Morgan fingerprint density at radius 2 is 2.00 bits per heavy atom. The number of nitrogens with one attached hydrogen (secondary N) is 1. The lowest BCUT2D eigenvalue weighted by atomic mass is 10.2. The summed E-state index contributed by atoms with van der Waals surface area (Å²) in [4.78, 5) is 24.5. The second-order valence-corrected chi connectivity index (χ2v) is 6.25. The molecule has 0 bridgehead atoms. The van der Waals surface area contributed by atoms with Gasteiger partial charge in [-0.25, -0.2) is 9.48 Å². The molecule has 0 spiro atoms. The summed E-state index contributed by atoms with van der Waals surface area (Å²) < 4.78 is 6.88. The van der Waals surface area contributed by atoms with E-state index in [2.05, 4.69) is 10.4 Å². The van der Waals surface area contributed by atoms with Crippen molar-refractivity contribution in [3.8, 4) is 11.8 Å². The largest absolute Gasteiger partial charge is 0.449 e. The number of ether oxygens (including phenoxy) is 1. The lowest BCUT2D eigenvalue weighted by Gasteiger charge is -2.14. The van der Waals surface area contributed by atoms with E-state index in [0.29, 0.717) is 16.8 Å². The van der Waals surface area contributed by atoms with Crippen molar-refractivity contribution in [2.24, 2.45) is 0 Å². The Hall–Kier alpha value is -3.63. The van der Waals surface area contributed by atoms with Crippen LogP contribution in [0.15, 0.2) is 60.9 Å². The van der Waals surface area contributed by atoms with Crippen LogP contribution >= 0.6 is 11.6 Å². The number of rotatable bonds is 5. The topological polar surface area (TPSA) is 97.0 Å². The summed E-state index contributed by atoms with van der Waals surface area (Å²) in [6, 6.07) is 14.9. The minimum Gasteiger partial charge on any atom is -0.449 e. The molecule has 28 heavy (non-hydrogen) atoms. The first-order valence-corrected chi connectivity index (χ1v) is 8.67. The molecule has 0 aliphatic rings. The monoisotopic (exact) mass is 394 g/mol. The third-order valence-corrected chi connectivity index (χ3v) is 4.19. The number of nitriles is 1. The number of carbonyl (C=O) groups excluding carboxylic acids is 2. The molecule has 1 amide bonds. The number of halogens is 1. The van der Waals surface area contributed by atoms with Crippen LogP contribution in [0.5, 0.6) is 0 Å². The molecular weight excluding hydrogens is 380 g/mol. The molecule has 0 saturated carbocycles. The Bertz CT molecular complexity index is 1040. The zero-order valence-corrected chi connectivity index (χ0v) is 15.6. The van der Waals surface area contributed by atoms with E-state index in [4.69, 9.17) is 21.6 Å². The molecule has 0 fully saturated rings. The van der Waals surface area contributed by atoms with Gasteiger partial charge in [0.15, 0.2) is 6.10 Å². The van der Waals surface area contributed by atoms with E-state index < -0.39 is 18.0 Å². The summed E-state index contributed by atoms with van der Waals surface area (Å²) in [5, 5.41) is 15.8. The number of benzene rings is 2. The summed E-state index contributed by atoms with van der Waals surface area (Å²) in [6.45, 7) is 1.47. The van der Waals surface area contributed by atoms with Crippen molar-refractivity contribution in [1.29, 1.82) is 5.26 Å². The van der Waals surface area contributed by atoms with Crippen molar-refractivity contribution < 1.29 is 14.3 Å². The second kappa shape index (κ2) is 8.37. The maximum atomic E-state index is 12.3. The fraction of sp³-hybridized carbons (Fsp3) is 0.100. The molecule has 3 rings (SSSR count). The van der Waals surface area contributed by atoms with Gasteiger partial charge in [-0.15, -0.1) is 0 Å². The molecule has 8 heteroatoms. The molecule has 1 N–H and O–H groups in total. The standard InChI is InChI=1S/C20H15ClN4O3/c1-13(19(26)24-16-6-3-15(12-22)18(21)11-16)28-20(27)14-4-7-17(8-5-14)25-10-2-9-23-25/h2-11,13H,1H3,(H,24,26)/t13-/m0/s1. The number of aromatic nitrogens is 2. The van der Waals surface area contributed by atoms with Crippen molar-refractivity contribution in [3.63, 3.8) is 0 Å². The molecule has 1 atom stereocenters. The minimum absolute atomic E-state index is 0.224. The molecule has 0 radical (unpaired) electrons. The highest BCUT2D eigenvalue weighted by molar-refractivity contribution is 6.32. The van der Waals surface area contributed by atoms with E-state index in [1.165, 1.54) is 19.1 Å². The zero-order valence-electron chi connectivity index (χ0n) is 14.8. The minimum atomic E-state index is -1.02. The van der Waals surface area contributed by atoms with Crippen LogP contribution in [0, 0.1) is 11.3 Å². The Labute approximate surface area is 166 Å². The zero-order chi connectivity index (χ0) is 20.1. The van der Waals surface area contributed by atoms with E-state index in [1.807, 2.05) is 6.07 Å². The summed E-state index contributed by atoms with van der Waals surface area (Å²) in [5.41, 5.74) is 1.82. The molecule has 1 aromatic heterocycles. The van der Waals surface area contributed by atoms with Gasteiger partial charge in [0.2, 0.25) is 0 Å². The highest BCUT2D eigenvalue weighted by Gasteiger charge is 2.19. The van der Waals surface area contributed by atoms with Gasteiger partial charge in [0.25, 0.3) is 5.91 Å². The summed E-state index contributed by atoms with van der Waals surface area (Å²) >= 11 is 5.94. The maximum Gasteiger partial charge on any atom is 0.338 e. The van der Waals surface area contributed by atoms with Crippen LogP contribution in [0.2, 0.25) is 5.02 Å². The van der Waals surface area contributed by atoms with Crippen LogP contribution < -0.4 is 5.32 Å². The van der Waals surface area contributed by atoms with Crippen molar-refractivity contribution in [3.05, 3.63) is 77.1 Å². The first kappa shape index (κ1) is 19.1. The van der Waals surface area contributed by atoms with E-state index in [-0.39, 0.29) is 5.02 Å². The molecule has 0 unspecified atom stereocenters. The number of esters is 1. The lowest BCUT2D eigenvalue weighted by Crippen LogP contribution is -2.30. The number of carbonyl (C=O) groups is 2. The molecule has 0 aliphatic heterocycles. The second-order valence-electron chi connectivity index (χ2n) is 5.84. The van der Waals surface area contributed by atoms with E-state index in [0.717, 1.165) is 5.69 Å². The van der Waals surface area contributed by atoms with Gasteiger partial charge < -0.3 is 10.1 Å². The van der Waals surface area contributed by atoms with Gasteiger partial charge in [-0.1, -0.05) is 11.6 Å². The molecule has 2 aromatic carbocycles. The predicted octanol–water partition coefficient (Wildman–Crippen LogP) is 3.58. The third kappa shape index (κ3) is 4.37. The van der Waals surface area contributed by atoms with Crippen molar-refractivity contribution in [2.45, 2.75) is 13.0 Å². The highest BCUT2D eigenvalue weighted by atomic mass is 35.5. The van der Waals surface area contributed by atoms with Crippen molar-refractivity contribution >= 4 is 29.2 Å². The van der Waals surface area contributed by atoms with Crippen LogP contribution in [0.4, 0.5) is 5.69 Å². The Kier molecular flexibility index (Phi) is 5.72. The number of hydrogen-bond acceptors (Lipinski definition) is 5. The predicted molar refractivity (Wildman–Crippen MR) is 103 cm³/mol. The van der Waals surface area contributed by atoms with Gasteiger partial charge in [0.05, 0.1) is 21.8 Å². The van der Waals surface area contributed by atoms with E-state index >= 15 is 0 Å². The number of hydrogen-bond donors (Lipinski definition) is 1. The first-order valence-electron chi connectivity index (χ1n) is 8.29. The van der Waals surface area contributed by atoms with Crippen LogP contribution in [0.25, 0.3) is 5.69 Å². The highest BCUT2D eigenvalue weighted by Crippen LogP contribution is 2.20. The average molecular weight is 395 g/mol. The van der Waals surface area contributed by atoms with Gasteiger partial charge in [0.1, 0.15) is 6.07 Å². The summed E-state index contributed by atoms with van der Waals surface area (Å²) in [5.74, 6) is -1.13. The molecule has 140 valence electrons. The molecule has 3 aromatic rings. The number of nitrogens with zero attached hydrogens (tertiary/aromatic N) is 3. The Balaban J connectivity index is 1.61. The quantitative estimate of drug-likeness (QED) is 0.667. The summed E-state index contributed by atoms with van der Waals surface area (Å²) in [7, 11) is 0. The molecule has 0 saturated heterocycles. The maximum absolute atomic E-state index is 12.3. The summed E-state index contributed by atoms with van der Waals surface area (Å²) in [6.07, 6.45) is 2.42. The normalized spacial score (nSPS) is 11.3. The smallest absolute Gasteiger partial charge is 0.338 e.